The van der Waals surface area contributed by atoms with Gasteiger partial charge < -0.3 is 10.5 Å². The topological polar surface area (TPSA) is 99.2 Å². The molecule has 0 aliphatic heterocycles. The molecular formula is C9H18N4O3S. The first-order valence-corrected chi connectivity index (χ1v) is 6.74. The number of aryl methyl sites for hydroxylation is 1. The van der Waals surface area contributed by atoms with Crippen molar-refractivity contribution in [1.82, 2.24) is 14.5 Å². The van der Waals surface area contributed by atoms with E-state index in [1.165, 1.54) is 18.0 Å². The molecule has 1 atom stereocenters. The number of hydrogen-bond donors (Lipinski definition) is 2. The Balaban J connectivity index is 2.85. The molecule has 1 rings (SSSR count). The molecule has 0 amide bonds. The largest absolute Gasteiger partial charge is 0.381 e. The standard InChI is InChI=1S/C9H18N4O3S/c1-4-13-6-8(9(10)12-13)17(14,15)11-5-7(2)16-3/h6-7,11H,4-5H2,1-3H3,(H2,10,12). The summed E-state index contributed by atoms with van der Waals surface area (Å²) >= 11 is 0. The Morgan fingerprint density at radius 3 is 2.76 bits per heavy atom. The first-order chi connectivity index (χ1) is 7.90. The van der Waals surface area contributed by atoms with Crippen LogP contribution in [0.4, 0.5) is 5.82 Å². The van der Waals surface area contributed by atoms with Crippen molar-refractivity contribution in [2.75, 3.05) is 19.4 Å². The molecule has 0 aromatic carbocycles. The van der Waals surface area contributed by atoms with Gasteiger partial charge in [0.15, 0.2) is 5.82 Å². The van der Waals surface area contributed by atoms with Crippen molar-refractivity contribution in [3.63, 3.8) is 0 Å². The molecule has 17 heavy (non-hydrogen) atoms. The van der Waals surface area contributed by atoms with Crippen LogP contribution in [0.3, 0.4) is 0 Å². The third kappa shape index (κ3) is 3.42. The molecule has 8 heteroatoms. The fraction of sp³-hybridized carbons (Fsp3) is 0.667. The van der Waals surface area contributed by atoms with Crippen LogP contribution in [-0.2, 0) is 21.3 Å². The summed E-state index contributed by atoms with van der Waals surface area (Å²) in [4.78, 5) is 0.00246. The molecule has 0 radical (unpaired) electrons. The van der Waals surface area contributed by atoms with Crippen molar-refractivity contribution in [2.24, 2.45) is 0 Å². The van der Waals surface area contributed by atoms with E-state index in [0.717, 1.165) is 0 Å². The zero-order valence-electron chi connectivity index (χ0n) is 10.2. The third-order valence-corrected chi connectivity index (χ3v) is 3.77. The molecule has 1 aromatic rings. The van der Waals surface area contributed by atoms with Gasteiger partial charge in [-0.1, -0.05) is 0 Å². The van der Waals surface area contributed by atoms with Gasteiger partial charge in [0.05, 0.1) is 6.10 Å². The van der Waals surface area contributed by atoms with E-state index in [2.05, 4.69) is 9.82 Å². The van der Waals surface area contributed by atoms with Crippen LogP contribution in [0.5, 0.6) is 0 Å². The van der Waals surface area contributed by atoms with Gasteiger partial charge in [-0.25, -0.2) is 13.1 Å². The first kappa shape index (κ1) is 13.9. The molecule has 0 fully saturated rings. The molecular weight excluding hydrogens is 244 g/mol. The number of methoxy groups -OCH3 is 1. The predicted octanol–water partition coefficient (Wildman–Crippen LogP) is -0.202. The van der Waals surface area contributed by atoms with Gasteiger partial charge in [-0.2, -0.15) is 5.10 Å². The Hall–Kier alpha value is -1.12. The van der Waals surface area contributed by atoms with Crippen LogP contribution < -0.4 is 10.5 Å². The SMILES string of the molecule is CCn1cc(S(=O)(=O)NCC(C)OC)c(N)n1. The minimum atomic E-state index is -3.62. The lowest BCUT2D eigenvalue weighted by atomic mass is 10.4. The maximum Gasteiger partial charge on any atom is 0.245 e. The molecule has 7 nitrogen and oxygen atoms in total. The van der Waals surface area contributed by atoms with Crippen LogP contribution in [0.2, 0.25) is 0 Å². The van der Waals surface area contributed by atoms with Crippen molar-refractivity contribution < 1.29 is 13.2 Å². The average Bonchev–Trinajstić information content (AvgIpc) is 2.68. The molecule has 1 aromatic heterocycles. The van der Waals surface area contributed by atoms with Gasteiger partial charge in [-0.3, -0.25) is 4.68 Å². The maximum absolute atomic E-state index is 11.9. The fourth-order valence-electron chi connectivity index (χ4n) is 1.18. The summed E-state index contributed by atoms with van der Waals surface area (Å²) in [6.45, 7) is 4.37. The van der Waals surface area contributed by atoms with Crippen LogP contribution in [0.1, 0.15) is 13.8 Å². The number of hydrogen-bond acceptors (Lipinski definition) is 5. The van der Waals surface area contributed by atoms with E-state index in [-0.39, 0.29) is 23.4 Å². The van der Waals surface area contributed by atoms with Crippen LogP contribution in [0.25, 0.3) is 0 Å². The molecule has 0 aliphatic rings. The van der Waals surface area contributed by atoms with E-state index in [9.17, 15) is 8.42 Å². The lowest BCUT2D eigenvalue weighted by Gasteiger charge is -2.10. The molecule has 3 N–H and O–H groups in total. The fourth-order valence-corrected chi connectivity index (χ4v) is 2.36. The number of aromatic nitrogens is 2. The van der Waals surface area contributed by atoms with Gasteiger partial charge in [0.25, 0.3) is 0 Å². The summed E-state index contributed by atoms with van der Waals surface area (Å²) in [5, 5.41) is 3.89. The molecule has 0 saturated carbocycles. The number of nitrogens with one attached hydrogen (secondary N) is 1. The third-order valence-electron chi connectivity index (χ3n) is 2.33. The minimum Gasteiger partial charge on any atom is -0.381 e. The van der Waals surface area contributed by atoms with E-state index in [0.29, 0.717) is 6.54 Å². The van der Waals surface area contributed by atoms with Crippen molar-refractivity contribution in [3.8, 4) is 0 Å². The summed E-state index contributed by atoms with van der Waals surface area (Å²) in [5.74, 6) is 0.00409. The first-order valence-electron chi connectivity index (χ1n) is 5.26. The van der Waals surface area contributed by atoms with Crippen molar-refractivity contribution in [3.05, 3.63) is 6.20 Å². The minimum absolute atomic E-state index is 0.00246. The van der Waals surface area contributed by atoms with E-state index >= 15 is 0 Å². The second-order valence-electron chi connectivity index (χ2n) is 3.63. The molecule has 1 unspecified atom stereocenters. The summed E-state index contributed by atoms with van der Waals surface area (Å²) in [6, 6.07) is 0. The van der Waals surface area contributed by atoms with Gasteiger partial charge in [0.1, 0.15) is 4.90 Å². The maximum atomic E-state index is 11.9. The molecule has 0 saturated heterocycles. The second kappa shape index (κ2) is 5.48. The van der Waals surface area contributed by atoms with Crippen LogP contribution >= 0.6 is 0 Å². The summed E-state index contributed by atoms with van der Waals surface area (Å²) in [7, 11) is -2.11. The molecule has 0 bridgehead atoms. The van der Waals surface area contributed by atoms with E-state index in [1.54, 1.807) is 6.92 Å². The van der Waals surface area contributed by atoms with Crippen molar-refractivity contribution in [1.29, 1.82) is 0 Å². The Bertz CT molecular complexity index is 469. The quantitative estimate of drug-likeness (QED) is 0.739. The number of ether oxygens (including phenoxy) is 1. The summed E-state index contributed by atoms with van der Waals surface area (Å²) in [5.41, 5.74) is 5.56. The van der Waals surface area contributed by atoms with Gasteiger partial charge in [-0.15, -0.1) is 0 Å². The zero-order valence-corrected chi connectivity index (χ0v) is 11.0. The average molecular weight is 262 g/mol. The van der Waals surface area contributed by atoms with Crippen molar-refractivity contribution in [2.45, 2.75) is 31.4 Å². The van der Waals surface area contributed by atoms with Crippen LogP contribution in [-0.4, -0.2) is 38.0 Å². The number of anilines is 1. The van der Waals surface area contributed by atoms with Crippen LogP contribution in [0.15, 0.2) is 11.1 Å². The van der Waals surface area contributed by atoms with Gasteiger partial charge in [0, 0.05) is 26.4 Å². The normalized spacial score (nSPS) is 13.8. The Morgan fingerprint density at radius 2 is 2.29 bits per heavy atom. The van der Waals surface area contributed by atoms with Crippen molar-refractivity contribution >= 4 is 15.8 Å². The molecule has 0 spiro atoms. The van der Waals surface area contributed by atoms with E-state index in [1.807, 2.05) is 6.92 Å². The second-order valence-corrected chi connectivity index (χ2v) is 5.37. The van der Waals surface area contributed by atoms with Gasteiger partial charge in [-0.05, 0) is 13.8 Å². The number of sulfonamides is 1. The highest BCUT2D eigenvalue weighted by atomic mass is 32.2. The monoisotopic (exact) mass is 262 g/mol. The number of nitrogens with zero attached hydrogens (tertiary/aromatic N) is 2. The predicted molar refractivity (Wildman–Crippen MR) is 64.0 cm³/mol. The van der Waals surface area contributed by atoms with Gasteiger partial charge in [0.2, 0.25) is 10.0 Å². The highest BCUT2D eigenvalue weighted by molar-refractivity contribution is 7.89. The highest BCUT2D eigenvalue weighted by Gasteiger charge is 2.21. The number of rotatable bonds is 6. The Kier molecular flexibility index (Phi) is 4.49. The lowest BCUT2D eigenvalue weighted by Crippen LogP contribution is -2.31. The summed E-state index contributed by atoms with van der Waals surface area (Å²) in [6.07, 6.45) is 1.21. The van der Waals surface area contributed by atoms with Gasteiger partial charge >= 0.3 is 0 Å². The zero-order chi connectivity index (χ0) is 13.1. The number of nitrogens with two attached hydrogens (primary N) is 1. The van der Waals surface area contributed by atoms with E-state index < -0.39 is 10.0 Å². The lowest BCUT2D eigenvalue weighted by molar-refractivity contribution is 0.122. The smallest absolute Gasteiger partial charge is 0.245 e. The highest BCUT2D eigenvalue weighted by Crippen LogP contribution is 2.15. The molecule has 98 valence electrons. The summed E-state index contributed by atoms with van der Waals surface area (Å²) < 4.78 is 32.7. The van der Waals surface area contributed by atoms with Crippen LogP contribution in [0, 0.1) is 0 Å². The Morgan fingerprint density at radius 1 is 1.65 bits per heavy atom. The molecule has 1 heterocycles. The Labute approximate surface area is 101 Å². The number of nitrogen functional groups attached to an aromatic ring is 1. The van der Waals surface area contributed by atoms with E-state index in [4.69, 9.17) is 10.5 Å². The molecule has 0 aliphatic carbocycles.